The molecule has 2 aliphatic rings. The predicted molar refractivity (Wildman–Crippen MR) is 86.1 cm³/mol. The van der Waals surface area contributed by atoms with Gasteiger partial charge in [0.2, 0.25) is 0 Å². The van der Waals surface area contributed by atoms with Crippen LogP contribution in [-0.2, 0) is 0 Å². The Hall–Kier alpha value is -0.390. The van der Waals surface area contributed by atoms with Crippen LogP contribution in [0.4, 0.5) is 0 Å². The highest BCUT2D eigenvalue weighted by atomic mass is 79.9. The number of hydrogen-bond acceptors (Lipinski definition) is 3. The molecule has 5 heteroatoms. The minimum atomic E-state index is 0.0681. The molecule has 2 unspecified atom stereocenters. The highest BCUT2D eigenvalue weighted by Crippen LogP contribution is 2.40. The zero-order valence-corrected chi connectivity index (χ0v) is 14.1. The summed E-state index contributed by atoms with van der Waals surface area (Å²) < 4.78 is 0.935. The maximum absolute atomic E-state index is 12.5. The Morgan fingerprint density at radius 3 is 2.60 bits per heavy atom. The van der Waals surface area contributed by atoms with E-state index in [1.165, 1.54) is 19.3 Å². The zero-order valence-electron chi connectivity index (χ0n) is 11.7. The van der Waals surface area contributed by atoms with Crippen LogP contribution in [0.25, 0.3) is 0 Å². The van der Waals surface area contributed by atoms with Crippen LogP contribution in [0.1, 0.15) is 47.3 Å². The van der Waals surface area contributed by atoms with Crippen molar-refractivity contribution in [2.24, 2.45) is 17.6 Å². The first-order valence-electron chi connectivity index (χ1n) is 7.37. The van der Waals surface area contributed by atoms with Crippen molar-refractivity contribution in [2.75, 3.05) is 0 Å². The number of halogens is 1. The first-order valence-corrected chi connectivity index (χ1v) is 8.98. The van der Waals surface area contributed by atoms with Crippen LogP contribution in [0.3, 0.4) is 0 Å². The summed E-state index contributed by atoms with van der Waals surface area (Å²) in [5.74, 6) is 1.21. The third-order valence-electron chi connectivity index (χ3n) is 4.73. The fourth-order valence-electron chi connectivity index (χ4n) is 3.89. The summed E-state index contributed by atoms with van der Waals surface area (Å²) in [6.45, 7) is 2.03. The summed E-state index contributed by atoms with van der Waals surface area (Å²) in [6, 6.07) is 2.62. The molecule has 0 aliphatic heterocycles. The van der Waals surface area contributed by atoms with Gasteiger partial charge in [0.25, 0.3) is 5.91 Å². The van der Waals surface area contributed by atoms with Crippen molar-refractivity contribution < 1.29 is 4.79 Å². The Kier molecular flexibility index (Phi) is 4.20. The Morgan fingerprint density at radius 1 is 1.40 bits per heavy atom. The maximum Gasteiger partial charge on any atom is 0.253 e. The average Bonchev–Trinajstić information content (AvgIpc) is 2.69. The molecule has 1 amide bonds. The maximum atomic E-state index is 12.5. The zero-order chi connectivity index (χ0) is 14.3. The summed E-state index contributed by atoms with van der Waals surface area (Å²) in [4.78, 5) is 13.7. The first-order chi connectivity index (χ1) is 9.54. The summed E-state index contributed by atoms with van der Waals surface area (Å²) in [5, 5.41) is 3.29. The van der Waals surface area contributed by atoms with Gasteiger partial charge in [-0.2, -0.15) is 0 Å². The smallest absolute Gasteiger partial charge is 0.253 e. The highest BCUT2D eigenvalue weighted by Gasteiger charge is 2.40. The molecule has 2 fully saturated rings. The van der Waals surface area contributed by atoms with E-state index in [1.54, 1.807) is 11.3 Å². The second kappa shape index (κ2) is 5.78. The number of carbonyl (C=O) groups excluding carboxylic acids is 1. The molecule has 20 heavy (non-hydrogen) atoms. The van der Waals surface area contributed by atoms with Gasteiger partial charge in [0, 0.05) is 17.0 Å². The Labute approximate surface area is 132 Å². The van der Waals surface area contributed by atoms with Gasteiger partial charge in [-0.15, -0.1) is 11.3 Å². The molecular formula is C15H21BrN2OS. The number of carbonyl (C=O) groups is 1. The quantitative estimate of drug-likeness (QED) is 0.852. The molecule has 0 aromatic carbocycles. The van der Waals surface area contributed by atoms with E-state index >= 15 is 0 Å². The Balaban J connectivity index is 1.74. The molecule has 2 saturated carbocycles. The third-order valence-corrected chi connectivity index (χ3v) is 6.48. The van der Waals surface area contributed by atoms with Crippen molar-refractivity contribution in [2.45, 2.75) is 51.1 Å². The average molecular weight is 357 g/mol. The lowest BCUT2D eigenvalue weighted by Crippen LogP contribution is -2.53. The van der Waals surface area contributed by atoms with Gasteiger partial charge in [0.05, 0.1) is 9.35 Å². The first kappa shape index (κ1) is 14.5. The molecule has 1 aromatic heterocycles. The summed E-state index contributed by atoms with van der Waals surface area (Å²) in [7, 11) is 0. The molecule has 0 spiro atoms. The van der Waals surface area contributed by atoms with E-state index in [9.17, 15) is 4.79 Å². The van der Waals surface area contributed by atoms with E-state index < -0.39 is 0 Å². The number of nitrogens with two attached hydrogens (primary N) is 1. The van der Waals surface area contributed by atoms with Crippen LogP contribution in [0, 0.1) is 18.8 Å². The number of aryl methyl sites for hydroxylation is 1. The molecule has 3 N–H and O–H groups in total. The molecular weight excluding hydrogens is 336 g/mol. The largest absolute Gasteiger partial charge is 0.349 e. The number of rotatable bonds is 2. The lowest BCUT2D eigenvalue weighted by Gasteiger charge is -2.45. The van der Waals surface area contributed by atoms with E-state index in [4.69, 9.17) is 5.73 Å². The van der Waals surface area contributed by atoms with Crippen molar-refractivity contribution in [1.29, 1.82) is 0 Å². The Bertz CT molecular complexity index is 502. The lowest BCUT2D eigenvalue weighted by atomic mass is 9.67. The monoisotopic (exact) mass is 356 g/mol. The highest BCUT2D eigenvalue weighted by molar-refractivity contribution is 9.11. The number of hydrogen-bond donors (Lipinski definition) is 2. The normalized spacial score (nSPS) is 33.0. The van der Waals surface area contributed by atoms with Gasteiger partial charge in [-0.25, -0.2) is 0 Å². The van der Waals surface area contributed by atoms with Gasteiger partial charge in [-0.1, -0.05) is 6.42 Å². The minimum Gasteiger partial charge on any atom is -0.349 e. The van der Waals surface area contributed by atoms with E-state index in [0.29, 0.717) is 23.9 Å². The van der Waals surface area contributed by atoms with Gasteiger partial charge in [-0.05, 0) is 66.4 Å². The van der Waals surface area contributed by atoms with Crippen LogP contribution in [0.15, 0.2) is 9.85 Å². The molecule has 3 rings (SSSR count). The third kappa shape index (κ3) is 2.81. The molecule has 0 radical (unpaired) electrons. The fraction of sp³-hybridized carbons (Fsp3) is 0.667. The summed E-state index contributed by atoms with van der Waals surface area (Å²) in [5.41, 5.74) is 6.92. The van der Waals surface area contributed by atoms with Crippen molar-refractivity contribution in [3.05, 3.63) is 20.3 Å². The number of thiophene rings is 1. The number of nitrogens with one attached hydrogen (secondary N) is 1. The molecule has 2 atom stereocenters. The van der Waals surface area contributed by atoms with E-state index in [2.05, 4.69) is 21.2 Å². The van der Waals surface area contributed by atoms with Crippen molar-refractivity contribution in [1.82, 2.24) is 5.32 Å². The predicted octanol–water partition coefficient (Wildman–Crippen LogP) is 3.45. The van der Waals surface area contributed by atoms with Crippen LogP contribution in [-0.4, -0.2) is 18.0 Å². The van der Waals surface area contributed by atoms with Gasteiger partial charge in [-0.3, -0.25) is 4.79 Å². The fourth-order valence-corrected chi connectivity index (χ4v) is 5.68. The molecule has 110 valence electrons. The van der Waals surface area contributed by atoms with Crippen molar-refractivity contribution in [3.63, 3.8) is 0 Å². The molecule has 2 bridgehead atoms. The minimum absolute atomic E-state index is 0.0681. The van der Waals surface area contributed by atoms with E-state index in [-0.39, 0.29) is 5.91 Å². The summed E-state index contributed by atoms with van der Waals surface area (Å²) in [6.07, 6.45) is 5.82. The van der Waals surface area contributed by atoms with Crippen molar-refractivity contribution >= 4 is 33.2 Å². The van der Waals surface area contributed by atoms with E-state index in [0.717, 1.165) is 27.1 Å². The number of fused-ring (bicyclic) bond motifs is 2. The number of amides is 1. The Morgan fingerprint density at radius 2 is 2.05 bits per heavy atom. The second-order valence-corrected chi connectivity index (χ2v) is 8.80. The molecule has 1 heterocycles. The second-order valence-electron chi connectivity index (χ2n) is 6.23. The van der Waals surface area contributed by atoms with Crippen LogP contribution in [0.5, 0.6) is 0 Å². The van der Waals surface area contributed by atoms with Crippen molar-refractivity contribution in [3.8, 4) is 0 Å². The lowest BCUT2D eigenvalue weighted by molar-refractivity contribution is 0.0756. The van der Waals surface area contributed by atoms with E-state index in [1.807, 2.05) is 13.0 Å². The molecule has 2 aliphatic carbocycles. The van der Waals surface area contributed by atoms with Gasteiger partial charge in [0.1, 0.15) is 0 Å². The summed E-state index contributed by atoms with van der Waals surface area (Å²) >= 11 is 5.11. The molecule has 3 nitrogen and oxygen atoms in total. The van der Waals surface area contributed by atoms with Crippen LogP contribution < -0.4 is 11.1 Å². The molecule has 1 aromatic rings. The van der Waals surface area contributed by atoms with Gasteiger partial charge < -0.3 is 11.1 Å². The standard InChI is InChI=1S/C15H21BrN2OS/c1-8-5-12(14(16)20-8)15(19)18-13-9-3-2-4-10(13)7-11(17)6-9/h5,9-11,13H,2-4,6-7,17H2,1H3,(H,18,19). The molecule has 0 saturated heterocycles. The SMILES string of the molecule is Cc1cc(C(=O)NC2C3CCCC2CC(N)C3)c(Br)s1. The van der Waals surface area contributed by atoms with Gasteiger partial charge >= 0.3 is 0 Å². The van der Waals surface area contributed by atoms with Crippen LogP contribution in [0.2, 0.25) is 0 Å². The topological polar surface area (TPSA) is 55.1 Å². The van der Waals surface area contributed by atoms with Gasteiger partial charge in [0.15, 0.2) is 0 Å². The van der Waals surface area contributed by atoms with Crippen LogP contribution >= 0.6 is 27.3 Å².